The number of carbonyl (C=O) groups is 4. The first-order chi connectivity index (χ1) is 10.4. The molecule has 0 radical (unpaired) electrons. The number of esters is 1. The van der Waals surface area contributed by atoms with Crippen molar-refractivity contribution in [2.75, 3.05) is 13.2 Å². The summed E-state index contributed by atoms with van der Waals surface area (Å²) in [6.07, 6.45) is -0.749. The highest BCUT2D eigenvalue weighted by Crippen LogP contribution is 2.30. The molecule has 0 spiro atoms. The van der Waals surface area contributed by atoms with Crippen molar-refractivity contribution < 1.29 is 28.7 Å². The number of Topliss-reactive ketones (excluding diaryl/α,β-unsaturated/α-hetero) is 2. The summed E-state index contributed by atoms with van der Waals surface area (Å²) in [6, 6.07) is -0.451. The largest absolute Gasteiger partial charge is 0.460 e. The zero-order valence-corrected chi connectivity index (χ0v) is 14.9. The van der Waals surface area contributed by atoms with Gasteiger partial charge in [0.1, 0.15) is 5.60 Å². The molecule has 8 heteroatoms. The third kappa shape index (κ3) is 4.46. The van der Waals surface area contributed by atoms with Crippen LogP contribution in [-0.2, 0) is 23.9 Å². The molecular weight excluding hydrogens is 322 g/mol. The summed E-state index contributed by atoms with van der Waals surface area (Å²) < 4.78 is 8.02. The zero-order chi connectivity index (χ0) is 18.0. The van der Waals surface area contributed by atoms with Crippen LogP contribution in [0.15, 0.2) is 0 Å². The second-order valence-corrected chi connectivity index (χ2v) is 7.26. The molecule has 23 heavy (non-hydrogen) atoms. The zero-order valence-electron chi connectivity index (χ0n) is 14.0. The van der Waals surface area contributed by atoms with Crippen molar-refractivity contribution in [1.29, 1.82) is 0 Å². The first-order valence-electron chi connectivity index (χ1n) is 7.39. The van der Waals surface area contributed by atoms with E-state index < -0.39 is 40.0 Å². The van der Waals surface area contributed by atoms with E-state index in [-0.39, 0.29) is 19.6 Å². The lowest BCUT2D eigenvalue weighted by Gasteiger charge is -2.41. The molecule has 1 aliphatic rings. The van der Waals surface area contributed by atoms with Crippen molar-refractivity contribution in [3.8, 4) is 0 Å². The van der Waals surface area contributed by atoms with Crippen LogP contribution in [0.4, 0.5) is 4.79 Å². The minimum Gasteiger partial charge on any atom is -0.460 e. The fourth-order valence-electron chi connectivity index (χ4n) is 2.17. The highest BCUT2D eigenvalue weighted by Gasteiger charge is 2.52. The Hall–Kier alpha value is -1.57. The van der Waals surface area contributed by atoms with E-state index in [1.54, 1.807) is 34.6 Å². The average Bonchev–Trinajstić information content (AvgIpc) is 2.40. The first kappa shape index (κ1) is 19.5. The number of piperidine rings is 1. The molecule has 0 aliphatic carbocycles. The summed E-state index contributed by atoms with van der Waals surface area (Å²) in [4.78, 5) is 49.7. The van der Waals surface area contributed by atoms with E-state index in [1.165, 1.54) is 4.90 Å². The van der Waals surface area contributed by atoms with Crippen LogP contribution in [0.2, 0.25) is 0 Å². The maximum Gasteiger partial charge on any atom is 0.410 e. The topological polar surface area (TPSA) is 90.0 Å². The van der Waals surface area contributed by atoms with E-state index in [0.29, 0.717) is 0 Å². The van der Waals surface area contributed by atoms with Gasteiger partial charge in [-0.25, -0.2) is 9.59 Å². The molecule has 1 heterocycles. The Bertz CT molecular complexity index is 527. The van der Waals surface area contributed by atoms with Crippen molar-refractivity contribution in [3.05, 3.63) is 0 Å². The van der Waals surface area contributed by atoms with E-state index in [2.05, 4.69) is 17.4 Å². The van der Waals surface area contributed by atoms with Crippen LogP contribution >= 0.6 is 12.6 Å². The second kappa shape index (κ2) is 6.90. The van der Waals surface area contributed by atoms with Gasteiger partial charge in [0.2, 0.25) is 0 Å². The maximum atomic E-state index is 12.3. The van der Waals surface area contributed by atoms with E-state index in [0.717, 1.165) is 0 Å². The summed E-state index contributed by atoms with van der Waals surface area (Å²) in [5, 5.41) is 0. The van der Waals surface area contributed by atoms with Gasteiger partial charge in [-0.15, -0.1) is 0 Å². The number of likely N-dealkylation sites (tertiary alicyclic amines) is 1. The van der Waals surface area contributed by atoms with E-state index in [9.17, 15) is 19.2 Å². The van der Waals surface area contributed by atoms with Gasteiger partial charge in [-0.1, -0.05) is 0 Å². The summed E-state index contributed by atoms with van der Waals surface area (Å²) in [6.45, 7) is 8.03. The summed E-state index contributed by atoms with van der Waals surface area (Å²) in [5.74, 6) is -2.70. The molecular formula is C15H23NO6S. The number of carbonyl (C=O) groups excluding carboxylic acids is 4. The first-order valence-corrected chi connectivity index (χ1v) is 7.84. The molecule has 1 rings (SSSR count). The van der Waals surface area contributed by atoms with Crippen LogP contribution in [0.5, 0.6) is 0 Å². The van der Waals surface area contributed by atoms with Crippen LogP contribution < -0.4 is 0 Å². The molecule has 1 aliphatic heterocycles. The predicted octanol–water partition coefficient (Wildman–Crippen LogP) is 1.39. The van der Waals surface area contributed by atoms with Gasteiger partial charge < -0.3 is 14.4 Å². The van der Waals surface area contributed by atoms with Crippen LogP contribution in [0.25, 0.3) is 0 Å². The SMILES string of the molecule is CCOC(=O)C(=O)[C@]1(S)CN(C(=O)OC(C)(C)C)[C@@H](C)CC1=O. The van der Waals surface area contributed by atoms with Crippen molar-refractivity contribution in [3.63, 3.8) is 0 Å². The number of ketones is 2. The van der Waals surface area contributed by atoms with Crippen LogP contribution in [0.1, 0.15) is 41.0 Å². The van der Waals surface area contributed by atoms with Gasteiger partial charge in [0.15, 0.2) is 10.5 Å². The summed E-state index contributed by atoms with van der Waals surface area (Å²) in [5.41, 5.74) is -0.720. The second-order valence-electron chi connectivity index (χ2n) is 6.49. The fourth-order valence-corrected chi connectivity index (χ4v) is 2.50. The maximum absolute atomic E-state index is 12.3. The normalized spacial score (nSPS) is 25.0. The lowest BCUT2D eigenvalue weighted by molar-refractivity contribution is -0.156. The third-order valence-electron chi connectivity index (χ3n) is 3.34. The summed E-state index contributed by atoms with van der Waals surface area (Å²) in [7, 11) is 0. The number of rotatable bonds is 3. The molecule has 1 amide bonds. The minimum absolute atomic E-state index is 0.00873. The Kier molecular flexibility index (Phi) is 5.84. The molecule has 0 aromatic rings. The fraction of sp³-hybridized carbons (Fsp3) is 0.733. The standard InChI is InChI=1S/C15H23NO6S/c1-6-21-12(19)11(18)15(23)8-16(9(2)7-10(15)17)13(20)22-14(3,4)5/h9,23H,6-8H2,1-5H3/t9-,15-/m0/s1. The number of amides is 1. The average molecular weight is 345 g/mol. The quantitative estimate of drug-likeness (QED) is 0.360. The van der Waals surface area contributed by atoms with Crippen LogP contribution in [0, 0.1) is 0 Å². The lowest BCUT2D eigenvalue weighted by atomic mass is 9.88. The smallest absolute Gasteiger partial charge is 0.410 e. The Morgan fingerprint density at radius 3 is 2.39 bits per heavy atom. The molecule has 0 aromatic carbocycles. The third-order valence-corrected chi connectivity index (χ3v) is 3.93. The van der Waals surface area contributed by atoms with Gasteiger partial charge in [-0.3, -0.25) is 9.59 Å². The van der Waals surface area contributed by atoms with Gasteiger partial charge in [0.25, 0.3) is 5.78 Å². The molecule has 0 N–H and O–H groups in total. The highest BCUT2D eigenvalue weighted by molar-refractivity contribution is 7.84. The van der Waals surface area contributed by atoms with Crippen molar-refractivity contribution >= 4 is 36.3 Å². The van der Waals surface area contributed by atoms with Gasteiger partial charge in [-0.2, -0.15) is 12.6 Å². The molecule has 1 saturated heterocycles. The number of thiol groups is 1. The van der Waals surface area contributed by atoms with Gasteiger partial charge in [-0.05, 0) is 34.6 Å². The van der Waals surface area contributed by atoms with Crippen molar-refractivity contribution in [2.24, 2.45) is 0 Å². The van der Waals surface area contributed by atoms with Crippen molar-refractivity contribution in [2.45, 2.75) is 57.4 Å². The molecule has 0 saturated carbocycles. The van der Waals surface area contributed by atoms with E-state index in [1.807, 2.05) is 0 Å². The van der Waals surface area contributed by atoms with E-state index in [4.69, 9.17) is 4.74 Å². The monoisotopic (exact) mass is 345 g/mol. The van der Waals surface area contributed by atoms with Crippen LogP contribution in [-0.4, -0.2) is 58.1 Å². The van der Waals surface area contributed by atoms with Gasteiger partial charge in [0, 0.05) is 12.5 Å². The Balaban J connectivity index is 3.02. The van der Waals surface area contributed by atoms with E-state index >= 15 is 0 Å². The summed E-state index contributed by atoms with van der Waals surface area (Å²) >= 11 is 4.13. The minimum atomic E-state index is -1.91. The number of hydrogen-bond donors (Lipinski definition) is 1. The lowest BCUT2D eigenvalue weighted by Crippen LogP contribution is -2.62. The molecule has 0 bridgehead atoms. The molecule has 1 fully saturated rings. The van der Waals surface area contributed by atoms with Gasteiger partial charge >= 0.3 is 12.1 Å². The molecule has 2 atom stereocenters. The van der Waals surface area contributed by atoms with Crippen molar-refractivity contribution in [1.82, 2.24) is 4.90 Å². The van der Waals surface area contributed by atoms with Gasteiger partial charge in [0.05, 0.1) is 13.2 Å². The number of hydrogen-bond acceptors (Lipinski definition) is 7. The molecule has 7 nitrogen and oxygen atoms in total. The number of nitrogens with zero attached hydrogens (tertiary/aromatic N) is 1. The molecule has 0 aromatic heterocycles. The Labute approximate surface area is 141 Å². The predicted molar refractivity (Wildman–Crippen MR) is 85.4 cm³/mol. The number of ether oxygens (including phenoxy) is 2. The van der Waals surface area contributed by atoms with Crippen LogP contribution in [0.3, 0.4) is 0 Å². The molecule has 0 unspecified atom stereocenters. The Morgan fingerprint density at radius 1 is 1.35 bits per heavy atom. The highest BCUT2D eigenvalue weighted by atomic mass is 32.1. The molecule has 130 valence electrons. The Morgan fingerprint density at radius 2 is 1.91 bits per heavy atom.